The Morgan fingerprint density at radius 1 is 1.11 bits per heavy atom. The Labute approximate surface area is 206 Å². The molecule has 7 nitrogen and oxygen atoms in total. The fourth-order valence-electron chi connectivity index (χ4n) is 4.80. The van der Waals surface area contributed by atoms with Crippen LogP contribution < -0.4 is 5.32 Å². The van der Waals surface area contributed by atoms with Gasteiger partial charge < -0.3 is 5.32 Å². The lowest BCUT2D eigenvalue weighted by atomic mass is 10.0. The Balaban J connectivity index is 1.51. The zero-order chi connectivity index (χ0) is 24.4. The lowest BCUT2D eigenvalue weighted by Gasteiger charge is -2.30. The smallest absolute Gasteiger partial charge is 0.252 e. The predicted molar refractivity (Wildman–Crippen MR) is 138 cm³/mol. The molecule has 1 aliphatic rings. The van der Waals surface area contributed by atoms with Crippen LogP contribution in [0.15, 0.2) is 60.8 Å². The molecule has 180 valence electrons. The van der Waals surface area contributed by atoms with Crippen molar-refractivity contribution >= 4 is 16.9 Å². The summed E-state index contributed by atoms with van der Waals surface area (Å²) in [6, 6.07) is 18.2. The van der Waals surface area contributed by atoms with Gasteiger partial charge >= 0.3 is 0 Å². The van der Waals surface area contributed by atoms with Crippen LogP contribution in [0.4, 0.5) is 0 Å². The molecule has 3 aromatic heterocycles. The predicted octanol–water partition coefficient (Wildman–Crippen LogP) is 4.81. The molecule has 0 bridgehead atoms. The van der Waals surface area contributed by atoms with Gasteiger partial charge in [0.1, 0.15) is 0 Å². The molecule has 1 fully saturated rings. The monoisotopic (exact) mass is 468 g/mol. The SMILES string of the molecule is CCN(CC)C(CNC(=O)c1cc(C2CC2)nc2c1c(C)nn2-c1ccccn1)c1ccccc1. The van der Waals surface area contributed by atoms with Gasteiger partial charge in [-0.15, -0.1) is 0 Å². The molecule has 0 spiro atoms. The fraction of sp³-hybridized carbons (Fsp3) is 0.357. The first-order valence-corrected chi connectivity index (χ1v) is 12.5. The quantitative estimate of drug-likeness (QED) is 0.381. The zero-order valence-electron chi connectivity index (χ0n) is 20.6. The van der Waals surface area contributed by atoms with Crippen molar-refractivity contribution < 1.29 is 4.79 Å². The third kappa shape index (κ3) is 4.68. The lowest BCUT2D eigenvalue weighted by Crippen LogP contribution is -2.38. The number of hydrogen-bond donors (Lipinski definition) is 1. The number of nitrogens with zero attached hydrogens (tertiary/aromatic N) is 5. The molecular weight excluding hydrogens is 436 g/mol. The van der Waals surface area contributed by atoms with E-state index in [4.69, 9.17) is 10.1 Å². The van der Waals surface area contributed by atoms with Gasteiger partial charge in [0.2, 0.25) is 0 Å². The summed E-state index contributed by atoms with van der Waals surface area (Å²) in [6.07, 6.45) is 3.95. The Hall–Kier alpha value is -3.58. The molecule has 35 heavy (non-hydrogen) atoms. The molecule has 1 unspecified atom stereocenters. The van der Waals surface area contributed by atoms with E-state index in [0.29, 0.717) is 29.5 Å². The number of pyridine rings is 2. The summed E-state index contributed by atoms with van der Waals surface area (Å²) >= 11 is 0. The molecule has 1 aliphatic carbocycles. The highest BCUT2D eigenvalue weighted by Crippen LogP contribution is 2.40. The topological polar surface area (TPSA) is 75.9 Å². The highest BCUT2D eigenvalue weighted by Gasteiger charge is 2.29. The van der Waals surface area contributed by atoms with Crippen LogP contribution >= 0.6 is 0 Å². The van der Waals surface area contributed by atoms with Gasteiger partial charge in [0, 0.05) is 24.4 Å². The van der Waals surface area contributed by atoms with E-state index in [2.05, 4.69) is 53.3 Å². The Morgan fingerprint density at radius 3 is 2.51 bits per heavy atom. The van der Waals surface area contributed by atoms with Crippen molar-refractivity contribution in [2.24, 2.45) is 0 Å². The zero-order valence-corrected chi connectivity index (χ0v) is 20.6. The van der Waals surface area contributed by atoms with Crippen LogP contribution in [0.25, 0.3) is 16.9 Å². The van der Waals surface area contributed by atoms with Gasteiger partial charge in [-0.1, -0.05) is 50.2 Å². The number of benzene rings is 1. The largest absolute Gasteiger partial charge is 0.350 e. The molecular formula is C28H32N6O. The van der Waals surface area contributed by atoms with E-state index in [0.717, 1.165) is 42.7 Å². The standard InChI is InChI=1S/C28H32N6O/c1-4-33(5-2)24(21-11-7-6-8-12-21)18-30-28(35)22-17-23(20-14-15-20)31-27-26(22)19(3)32-34(27)25-13-9-10-16-29-25/h6-13,16-17,20,24H,4-5,14-15,18H2,1-3H3,(H,30,35). The summed E-state index contributed by atoms with van der Waals surface area (Å²) in [7, 11) is 0. The van der Waals surface area contributed by atoms with E-state index in [1.165, 1.54) is 5.56 Å². The summed E-state index contributed by atoms with van der Waals surface area (Å²) < 4.78 is 1.76. The van der Waals surface area contributed by atoms with Crippen molar-refractivity contribution in [3.63, 3.8) is 0 Å². The van der Waals surface area contributed by atoms with E-state index in [1.807, 2.05) is 37.3 Å². The van der Waals surface area contributed by atoms with Gasteiger partial charge in [0.15, 0.2) is 11.5 Å². The summed E-state index contributed by atoms with van der Waals surface area (Å²) in [4.78, 5) is 25.5. The second-order valence-corrected chi connectivity index (χ2v) is 9.11. The van der Waals surface area contributed by atoms with E-state index in [9.17, 15) is 4.79 Å². The number of nitrogens with one attached hydrogen (secondary N) is 1. The second-order valence-electron chi connectivity index (χ2n) is 9.11. The molecule has 0 aliphatic heterocycles. The van der Waals surface area contributed by atoms with E-state index >= 15 is 0 Å². The fourth-order valence-corrected chi connectivity index (χ4v) is 4.80. The van der Waals surface area contributed by atoms with Crippen LogP contribution in [0, 0.1) is 6.92 Å². The normalized spacial score (nSPS) is 14.4. The van der Waals surface area contributed by atoms with E-state index in [-0.39, 0.29) is 11.9 Å². The Bertz CT molecular complexity index is 1310. The number of likely N-dealkylation sites (N-methyl/N-ethyl adjacent to an activating group) is 1. The van der Waals surface area contributed by atoms with Gasteiger partial charge in [-0.05, 0) is 56.6 Å². The van der Waals surface area contributed by atoms with Crippen molar-refractivity contribution in [3.8, 4) is 5.82 Å². The molecule has 0 saturated heterocycles. The first-order valence-electron chi connectivity index (χ1n) is 12.5. The Kier molecular flexibility index (Phi) is 6.59. The number of hydrogen-bond acceptors (Lipinski definition) is 5. The minimum absolute atomic E-state index is 0.0870. The number of carbonyl (C=O) groups excluding carboxylic acids is 1. The van der Waals surface area contributed by atoms with Crippen LogP contribution in [-0.2, 0) is 0 Å². The molecule has 7 heteroatoms. The lowest BCUT2D eigenvalue weighted by molar-refractivity contribution is 0.0936. The maximum Gasteiger partial charge on any atom is 0.252 e. The molecule has 3 heterocycles. The van der Waals surface area contributed by atoms with Crippen LogP contribution in [-0.4, -0.2) is 50.2 Å². The maximum atomic E-state index is 13.7. The van der Waals surface area contributed by atoms with Gasteiger partial charge in [0.05, 0.1) is 22.7 Å². The number of rotatable bonds is 9. The molecule has 1 aromatic carbocycles. The number of amides is 1. The molecule has 1 saturated carbocycles. The Morgan fingerprint density at radius 2 is 1.86 bits per heavy atom. The van der Waals surface area contributed by atoms with Crippen molar-refractivity contribution in [2.75, 3.05) is 19.6 Å². The molecule has 0 radical (unpaired) electrons. The minimum atomic E-state index is -0.0870. The number of carbonyl (C=O) groups is 1. The highest BCUT2D eigenvalue weighted by atomic mass is 16.1. The van der Waals surface area contributed by atoms with Crippen LogP contribution in [0.3, 0.4) is 0 Å². The third-order valence-corrected chi connectivity index (χ3v) is 6.83. The number of aryl methyl sites for hydroxylation is 1. The third-order valence-electron chi connectivity index (χ3n) is 6.83. The van der Waals surface area contributed by atoms with Crippen LogP contribution in [0.2, 0.25) is 0 Å². The molecule has 1 atom stereocenters. The van der Waals surface area contributed by atoms with Crippen molar-refractivity contribution in [3.05, 3.63) is 83.3 Å². The van der Waals surface area contributed by atoms with Crippen molar-refractivity contribution in [1.29, 1.82) is 0 Å². The van der Waals surface area contributed by atoms with Gasteiger partial charge in [-0.25, -0.2) is 9.97 Å². The summed E-state index contributed by atoms with van der Waals surface area (Å²) in [6.45, 7) is 8.59. The minimum Gasteiger partial charge on any atom is -0.350 e. The highest BCUT2D eigenvalue weighted by molar-refractivity contribution is 6.06. The van der Waals surface area contributed by atoms with Gasteiger partial charge in [0.25, 0.3) is 5.91 Å². The first-order chi connectivity index (χ1) is 17.1. The summed E-state index contributed by atoms with van der Waals surface area (Å²) in [5.41, 5.74) is 4.27. The maximum absolute atomic E-state index is 13.7. The van der Waals surface area contributed by atoms with Crippen molar-refractivity contribution in [1.82, 2.24) is 30.0 Å². The van der Waals surface area contributed by atoms with E-state index in [1.54, 1.807) is 10.9 Å². The van der Waals surface area contributed by atoms with Gasteiger partial charge in [-0.3, -0.25) is 9.69 Å². The van der Waals surface area contributed by atoms with E-state index < -0.39 is 0 Å². The molecule has 5 rings (SSSR count). The van der Waals surface area contributed by atoms with Crippen LogP contribution in [0.1, 0.15) is 66.0 Å². The van der Waals surface area contributed by atoms with Gasteiger partial charge in [-0.2, -0.15) is 9.78 Å². The molecule has 1 N–H and O–H groups in total. The summed E-state index contributed by atoms with van der Waals surface area (Å²) in [5, 5.41) is 8.75. The average Bonchev–Trinajstić information content (AvgIpc) is 3.70. The molecule has 4 aromatic rings. The number of fused-ring (bicyclic) bond motifs is 1. The van der Waals surface area contributed by atoms with Crippen molar-refractivity contribution in [2.45, 2.75) is 45.6 Å². The summed E-state index contributed by atoms with van der Waals surface area (Å²) in [5.74, 6) is 1.02. The first kappa shape index (κ1) is 23.2. The number of aromatic nitrogens is 4. The second kappa shape index (κ2) is 9.96. The van der Waals surface area contributed by atoms with Crippen LogP contribution in [0.5, 0.6) is 0 Å². The average molecular weight is 469 g/mol. The molecule has 1 amide bonds.